The lowest BCUT2D eigenvalue weighted by Crippen LogP contribution is -2.04. The summed E-state index contributed by atoms with van der Waals surface area (Å²) in [5.74, 6) is 0.495. The van der Waals surface area contributed by atoms with Crippen molar-refractivity contribution in [2.24, 2.45) is 7.05 Å². The largest absolute Gasteiger partial charge is 0.312 e. The molecule has 0 N–H and O–H groups in total. The minimum atomic E-state index is 0.122. The number of ketones is 1. The number of hydrogen-bond donors (Lipinski definition) is 0. The molecule has 0 amide bonds. The van der Waals surface area contributed by atoms with Gasteiger partial charge in [-0.3, -0.25) is 4.79 Å². The van der Waals surface area contributed by atoms with E-state index in [1.807, 2.05) is 23.7 Å². The Hall–Kier alpha value is -2.40. The molecule has 1 aromatic heterocycles. The van der Waals surface area contributed by atoms with Crippen LogP contribution in [0.1, 0.15) is 21.5 Å². The van der Waals surface area contributed by atoms with E-state index in [4.69, 9.17) is 0 Å². The van der Waals surface area contributed by atoms with Gasteiger partial charge in [-0.05, 0) is 34.7 Å². The van der Waals surface area contributed by atoms with Gasteiger partial charge in [-0.1, -0.05) is 48.2 Å². The van der Waals surface area contributed by atoms with Gasteiger partial charge in [-0.2, -0.15) is 0 Å². The second-order valence-electron chi connectivity index (χ2n) is 5.64. The van der Waals surface area contributed by atoms with Crippen molar-refractivity contribution in [2.75, 3.05) is 5.75 Å². The zero-order chi connectivity index (χ0) is 15.8. The van der Waals surface area contributed by atoms with Crippen LogP contribution in [0.2, 0.25) is 0 Å². The smallest absolute Gasteiger partial charge is 0.191 e. The molecule has 2 aromatic carbocycles. The predicted molar refractivity (Wildman–Crippen MR) is 90.7 cm³/mol. The average Bonchev–Trinajstić information content (AvgIpc) is 3.15. The molecule has 4 nitrogen and oxygen atoms in total. The fraction of sp³-hybridized carbons (Fsp3) is 0.167. The van der Waals surface area contributed by atoms with Gasteiger partial charge in [0.2, 0.25) is 0 Å². The predicted octanol–water partition coefficient (Wildman–Crippen LogP) is 3.36. The zero-order valence-electron chi connectivity index (χ0n) is 12.7. The Bertz CT molecular complexity index is 901. The Morgan fingerprint density at radius 3 is 2.83 bits per heavy atom. The van der Waals surface area contributed by atoms with E-state index < -0.39 is 0 Å². The van der Waals surface area contributed by atoms with Gasteiger partial charge in [0.25, 0.3) is 0 Å². The van der Waals surface area contributed by atoms with Crippen molar-refractivity contribution in [3.63, 3.8) is 0 Å². The first kappa shape index (κ1) is 14.2. The number of benzene rings is 2. The van der Waals surface area contributed by atoms with Crippen LogP contribution < -0.4 is 0 Å². The molecule has 0 aliphatic heterocycles. The Morgan fingerprint density at radius 1 is 1.17 bits per heavy atom. The van der Waals surface area contributed by atoms with Crippen LogP contribution in [0.3, 0.4) is 0 Å². The Labute approximate surface area is 138 Å². The molecule has 3 aromatic rings. The van der Waals surface area contributed by atoms with Crippen LogP contribution >= 0.6 is 11.8 Å². The van der Waals surface area contributed by atoms with E-state index in [1.54, 1.807) is 6.33 Å². The highest BCUT2D eigenvalue weighted by molar-refractivity contribution is 7.99. The highest BCUT2D eigenvalue weighted by Gasteiger charge is 2.19. The zero-order valence-corrected chi connectivity index (χ0v) is 13.5. The number of fused-ring (bicyclic) bond motifs is 3. The van der Waals surface area contributed by atoms with Gasteiger partial charge in [0, 0.05) is 12.6 Å². The van der Waals surface area contributed by atoms with Crippen molar-refractivity contribution in [2.45, 2.75) is 11.6 Å². The molecule has 0 saturated heterocycles. The summed E-state index contributed by atoms with van der Waals surface area (Å²) in [5.41, 5.74) is 5.88. The highest BCUT2D eigenvalue weighted by atomic mass is 32.2. The van der Waals surface area contributed by atoms with Gasteiger partial charge in [0.05, 0.1) is 5.75 Å². The number of nitrogens with zero attached hydrogens (tertiary/aromatic N) is 3. The highest BCUT2D eigenvalue weighted by Crippen LogP contribution is 2.36. The minimum absolute atomic E-state index is 0.122. The summed E-state index contributed by atoms with van der Waals surface area (Å²) in [4.78, 5) is 12.4. The number of aryl methyl sites for hydroxylation is 1. The number of hydrogen-bond acceptors (Lipinski definition) is 4. The van der Waals surface area contributed by atoms with E-state index in [-0.39, 0.29) is 5.78 Å². The molecule has 0 saturated carbocycles. The topological polar surface area (TPSA) is 47.8 Å². The molecule has 0 fully saturated rings. The molecule has 5 heteroatoms. The molecule has 1 aliphatic rings. The van der Waals surface area contributed by atoms with E-state index in [0.29, 0.717) is 5.75 Å². The number of rotatable bonds is 4. The number of carbonyl (C=O) groups excluding carboxylic acids is 1. The van der Waals surface area contributed by atoms with Gasteiger partial charge >= 0.3 is 0 Å². The van der Waals surface area contributed by atoms with Crippen LogP contribution in [-0.4, -0.2) is 26.3 Å². The first-order chi connectivity index (χ1) is 11.2. The first-order valence-electron chi connectivity index (χ1n) is 7.43. The van der Waals surface area contributed by atoms with Crippen molar-refractivity contribution < 1.29 is 4.79 Å². The van der Waals surface area contributed by atoms with E-state index in [0.717, 1.165) is 17.1 Å². The summed E-state index contributed by atoms with van der Waals surface area (Å²) >= 11 is 1.42. The van der Waals surface area contributed by atoms with Crippen molar-refractivity contribution in [1.82, 2.24) is 14.8 Å². The number of aromatic nitrogens is 3. The SMILES string of the molecule is Cn1cnnc1SCC(=O)c1ccc2c(c1)Cc1ccccc1-2. The monoisotopic (exact) mass is 321 g/mol. The fourth-order valence-corrected chi connectivity index (χ4v) is 3.72. The summed E-state index contributed by atoms with van der Waals surface area (Å²) < 4.78 is 1.82. The molecule has 0 bridgehead atoms. The molecule has 0 radical (unpaired) electrons. The molecule has 1 heterocycles. The van der Waals surface area contributed by atoms with Crippen molar-refractivity contribution >= 4 is 17.5 Å². The van der Waals surface area contributed by atoms with Crippen LogP contribution in [0, 0.1) is 0 Å². The summed E-state index contributed by atoms with van der Waals surface area (Å²) in [5, 5.41) is 8.57. The van der Waals surface area contributed by atoms with Crippen LogP contribution in [0.5, 0.6) is 0 Å². The molecule has 0 spiro atoms. The first-order valence-corrected chi connectivity index (χ1v) is 8.42. The Kier molecular flexibility index (Phi) is 3.50. The Morgan fingerprint density at radius 2 is 2.00 bits per heavy atom. The summed E-state index contributed by atoms with van der Waals surface area (Å²) in [7, 11) is 1.87. The number of thioether (sulfide) groups is 1. The maximum Gasteiger partial charge on any atom is 0.191 e. The average molecular weight is 321 g/mol. The fourth-order valence-electron chi connectivity index (χ4n) is 2.94. The van der Waals surface area contributed by atoms with E-state index in [1.165, 1.54) is 34.0 Å². The molecule has 0 unspecified atom stereocenters. The molecular weight excluding hydrogens is 306 g/mol. The summed E-state index contributed by atoms with van der Waals surface area (Å²) in [6, 6.07) is 14.5. The third kappa shape index (κ3) is 2.57. The molecule has 0 atom stereocenters. The van der Waals surface area contributed by atoms with Crippen molar-refractivity contribution in [3.05, 3.63) is 65.5 Å². The quantitative estimate of drug-likeness (QED) is 0.427. The molecule has 4 rings (SSSR count). The third-order valence-corrected chi connectivity index (χ3v) is 5.15. The van der Waals surface area contributed by atoms with Crippen LogP contribution in [0.4, 0.5) is 0 Å². The lowest BCUT2D eigenvalue weighted by molar-refractivity contribution is 0.102. The van der Waals surface area contributed by atoms with Gasteiger partial charge < -0.3 is 4.57 Å². The van der Waals surface area contributed by atoms with E-state index >= 15 is 0 Å². The van der Waals surface area contributed by atoms with E-state index in [9.17, 15) is 4.79 Å². The molecule has 23 heavy (non-hydrogen) atoms. The van der Waals surface area contributed by atoms with Crippen LogP contribution in [0.25, 0.3) is 11.1 Å². The molecule has 114 valence electrons. The molecule has 1 aliphatic carbocycles. The lowest BCUT2D eigenvalue weighted by atomic mass is 10.0. The standard InChI is InChI=1S/C18H15N3OS/c1-21-11-19-20-18(21)23-10-17(22)13-6-7-16-14(9-13)8-12-4-2-3-5-15(12)16/h2-7,9,11H,8,10H2,1H3. The van der Waals surface area contributed by atoms with Gasteiger partial charge in [0.15, 0.2) is 10.9 Å². The second-order valence-corrected chi connectivity index (χ2v) is 6.58. The molecular formula is C18H15N3OS. The third-order valence-electron chi connectivity index (χ3n) is 4.12. The summed E-state index contributed by atoms with van der Waals surface area (Å²) in [6.07, 6.45) is 2.54. The normalized spacial score (nSPS) is 12.0. The van der Waals surface area contributed by atoms with Gasteiger partial charge in [-0.25, -0.2) is 0 Å². The second kappa shape index (κ2) is 5.66. The minimum Gasteiger partial charge on any atom is -0.312 e. The maximum atomic E-state index is 12.4. The Balaban J connectivity index is 1.54. The van der Waals surface area contributed by atoms with Crippen molar-refractivity contribution in [3.8, 4) is 11.1 Å². The van der Waals surface area contributed by atoms with Crippen LogP contribution in [0.15, 0.2) is 53.9 Å². The number of carbonyl (C=O) groups is 1. The van der Waals surface area contributed by atoms with Gasteiger partial charge in [-0.15, -0.1) is 10.2 Å². The van der Waals surface area contributed by atoms with E-state index in [2.05, 4.69) is 40.5 Å². The summed E-state index contributed by atoms with van der Waals surface area (Å²) in [6.45, 7) is 0. The lowest BCUT2D eigenvalue weighted by Gasteiger charge is -2.05. The maximum absolute atomic E-state index is 12.4. The van der Waals surface area contributed by atoms with Crippen LogP contribution in [-0.2, 0) is 13.5 Å². The van der Waals surface area contributed by atoms with Crippen molar-refractivity contribution in [1.29, 1.82) is 0 Å². The number of Topliss-reactive ketones (excluding diaryl/α,β-unsaturated/α-hetero) is 1. The van der Waals surface area contributed by atoms with Gasteiger partial charge in [0.1, 0.15) is 6.33 Å².